The smallest absolute Gasteiger partial charge is 0.174 e. The number of H-pyrrole nitrogens is 2. The molecule has 0 fully saturated rings. The van der Waals surface area contributed by atoms with Crippen LogP contribution in [0.15, 0.2) is 91.3 Å². The van der Waals surface area contributed by atoms with Crippen molar-refractivity contribution < 1.29 is 0 Å². The molecule has 0 atom stereocenters. The molecule has 126 valence electrons. The predicted octanol–water partition coefficient (Wildman–Crippen LogP) is 6.13. The minimum Gasteiger partial charge on any atom is -0.338 e. The monoisotopic (exact) mass is 355 g/mol. The number of hydrogen-bond donors (Lipinski definition) is 2. The molecule has 4 heteroatoms. The van der Waals surface area contributed by atoms with Gasteiger partial charge in [-0.15, -0.1) is 0 Å². The van der Waals surface area contributed by atoms with E-state index in [1.807, 2.05) is 12.1 Å². The lowest BCUT2D eigenvalue weighted by molar-refractivity contribution is 1.27. The van der Waals surface area contributed by atoms with E-state index in [0.29, 0.717) is 4.77 Å². The molecule has 26 heavy (non-hydrogen) atoms. The number of rotatable bonds is 1. The number of nitrogens with zero attached hydrogens (tertiary/aromatic N) is 1. The Hall–Kier alpha value is -3.24. The molecule has 0 saturated heterocycles. The Morgan fingerprint density at radius 1 is 0.615 bits per heavy atom. The second-order valence-corrected chi connectivity index (χ2v) is 6.25. The third-order valence-electron chi connectivity index (χ3n) is 4.16. The molecule has 0 unspecified atom stereocenters. The second-order valence-electron chi connectivity index (χ2n) is 5.84. The van der Waals surface area contributed by atoms with Crippen LogP contribution in [0.25, 0.3) is 32.9 Å². The number of fused-ring (bicyclic) bond motifs is 2. The van der Waals surface area contributed by atoms with E-state index in [1.165, 1.54) is 21.9 Å². The van der Waals surface area contributed by atoms with E-state index < -0.39 is 0 Å². The van der Waals surface area contributed by atoms with Crippen LogP contribution in [0.3, 0.4) is 0 Å². The van der Waals surface area contributed by atoms with Gasteiger partial charge in [-0.3, -0.25) is 0 Å². The first-order valence-electron chi connectivity index (χ1n) is 8.38. The molecule has 5 aromatic rings. The minimum atomic E-state index is 0.676. The summed E-state index contributed by atoms with van der Waals surface area (Å²) < 4.78 is 0.676. The summed E-state index contributed by atoms with van der Waals surface area (Å²) >= 11 is 4.63. The molecule has 0 aliphatic heterocycles. The summed E-state index contributed by atoms with van der Waals surface area (Å²) in [5, 5.41) is 2.41. The molecule has 0 spiro atoms. The molecular formula is C22H17N3S. The predicted molar refractivity (Wildman–Crippen MR) is 111 cm³/mol. The molecule has 2 aromatic heterocycles. The average molecular weight is 355 g/mol. The molecule has 0 saturated carbocycles. The molecule has 2 heterocycles. The SMILES string of the molecule is S=c1[nH]cc[nH]1.c1ccc(-c2c3ccccc3nc3ccccc23)cc1. The normalized spacial score (nSPS) is 10.5. The zero-order valence-electron chi connectivity index (χ0n) is 14.0. The van der Waals surface area contributed by atoms with E-state index in [0.717, 1.165) is 11.0 Å². The molecule has 0 aliphatic rings. The number of pyridine rings is 1. The number of aromatic nitrogens is 3. The van der Waals surface area contributed by atoms with Crippen LogP contribution in [-0.4, -0.2) is 15.0 Å². The lowest BCUT2D eigenvalue weighted by Crippen LogP contribution is -1.88. The highest BCUT2D eigenvalue weighted by atomic mass is 32.1. The topological polar surface area (TPSA) is 44.5 Å². The zero-order chi connectivity index (χ0) is 17.8. The van der Waals surface area contributed by atoms with E-state index in [9.17, 15) is 0 Å². The quantitative estimate of drug-likeness (QED) is 0.281. The number of nitrogens with one attached hydrogen (secondary N) is 2. The summed E-state index contributed by atoms with van der Waals surface area (Å²) in [6.45, 7) is 0. The van der Waals surface area contributed by atoms with Crippen LogP contribution in [-0.2, 0) is 0 Å². The van der Waals surface area contributed by atoms with Crippen LogP contribution in [0, 0.1) is 4.77 Å². The maximum absolute atomic E-state index is 4.76. The lowest BCUT2D eigenvalue weighted by atomic mass is 9.96. The summed E-state index contributed by atoms with van der Waals surface area (Å²) in [5.74, 6) is 0. The number of para-hydroxylation sites is 2. The van der Waals surface area contributed by atoms with Gasteiger partial charge in [-0.05, 0) is 29.9 Å². The minimum absolute atomic E-state index is 0.676. The molecule has 0 amide bonds. The zero-order valence-corrected chi connectivity index (χ0v) is 14.8. The van der Waals surface area contributed by atoms with E-state index in [4.69, 9.17) is 4.98 Å². The molecular weight excluding hydrogens is 338 g/mol. The van der Waals surface area contributed by atoms with Gasteiger partial charge in [0.25, 0.3) is 0 Å². The molecule has 5 rings (SSSR count). The van der Waals surface area contributed by atoms with Gasteiger partial charge in [-0.1, -0.05) is 66.7 Å². The van der Waals surface area contributed by atoms with Crippen LogP contribution >= 0.6 is 12.2 Å². The van der Waals surface area contributed by atoms with Gasteiger partial charge in [0.05, 0.1) is 11.0 Å². The number of hydrogen-bond acceptors (Lipinski definition) is 2. The molecule has 0 aliphatic carbocycles. The highest BCUT2D eigenvalue weighted by Gasteiger charge is 2.09. The third kappa shape index (κ3) is 3.27. The molecule has 0 bridgehead atoms. The molecule has 2 N–H and O–H groups in total. The maximum atomic E-state index is 4.76. The van der Waals surface area contributed by atoms with Crippen molar-refractivity contribution in [2.24, 2.45) is 0 Å². The summed E-state index contributed by atoms with van der Waals surface area (Å²) in [7, 11) is 0. The van der Waals surface area contributed by atoms with Crippen molar-refractivity contribution in [3.8, 4) is 11.1 Å². The fraction of sp³-hybridized carbons (Fsp3) is 0. The Bertz CT molecular complexity index is 1140. The standard InChI is InChI=1S/C19H13N.C3H4N2S/c1-2-8-14(9-3-1)19-15-10-4-6-12-17(15)20-18-13-7-5-11-16(18)19;6-3-4-1-2-5-3/h1-13H;1-2H,(H2,4,5,6). The fourth-order valence-corrected chi connectivity index (χ4v) is 3.17. The lowest BCUT2D eigenvalue weighted by Gasteiger charge is -2.10. The first-order valence-corrected chi connectivity index (χ1v) is 8.79. The van der Waals surface area contributed by atoms with Crippen LogP contribution < -0.4 is 0 Å². The Labute approximate surface area is 156 Å². The van der Waals surface area contributed by atoms with Crippen molar-refractivity contribution in [1.29, 1.82) is 0 Å². The van der Waals surface area contributed by atoms with E-state index in [-0.39, 0.29) is 0 Å². The van der Waals surface area contributed by atoms with E-state index >= 15 is 0 Å². The van der Waals surface area contributed by atoms with Crippen LogP contribution in [0.5, 0.6) is 0 Å². The van der Waals surface area contributed by atoms with E-state index in [2.05, 4.69) is 88.9 Å². The average Bonchev–Trinajstić information content (AvgIpc) is 3.18. The van der Waals surface area contributed by atoms with Gasteiger partial charge in [0.1, 0.15) is 0 Å². The number of imidazole rings is 1. The fourth-order valence-electron chi connectivity index (χ4n) is 3.03. The van der Waals surface area contributed by atoms with Crippen molar-refractivity contribution >= 4 is 34.0 Å². The summed E-state index contributed by atoms with van der Waals surface area (Å²) in [6, 6.07) is 27.2. The number of benzene rings is 3. The maximum Gasteiger partial charge on any atom is 0.174 e. The van der Waals surface area contributed by atoms with Gasteiger partial charge in [0.15, 0.2) is 4.77 Å². The van der Waals surface area contributed by atoms with Crippen molar-refractivity contribution in [2.75, 3.05) is 0 Å². The highest BCUT2D eigenvalue weighted by molar-refractivity contribution is 7.71. The van der Waals surface area contributed by atoms with E-state index in [1.54, 1.807) is 12.4 Å². The largest absolute Gasteiger partial charge is 0.338 e. The second kappa shape index (κ2) is 7.33. The van der Waals surface area contributed by atoms with Gasteiger partial charge in [0, 0.05) is 28.7 Å². The first kappa shape index (κ1) is 16.2. The Balaban J connectivity index is 0.000000240. The number of aromatic amines is 2. The van der Waals surface area contributed by atoms with Gasteiger partial charge in [-0.2, -0.15) is 0 Å². The first-order chi connectivity index (χ1) is 12.8. The summed E-state index contributed by atoms with van der Waals surface area (Å²) in [4.78, 5) is 10.3. The molecule has 3 nitrogen and oxygen atoms in total. The van der Waals surface area contributed by atoms with Gasteiger partial charge >= 0.3 is 0 Å². The van der Waals surface area contributed by atoms with Crippen molar-refractivity contribution in [3.05, 3.63) is 96.0 Å². The van der Waals surface area contributed by atoms with Crippen molar-refractivity contribution in [3.63, 3.8) is 0 Å². The summed E-state index contributed by atoms with van der Waals surface area (Å²) in [5.41, 5.74) is 4.60. The Kier molecular flexibility index (Phi) is 4.58. The van der Waals surface area contributed by atoms with Crippen molar-refractivity contribution in [2.45, 2.75) is 0 Å². The van der Waals surface area contributed by atoms with Gasteiger partial charge < -0.3 is 9.97 Å². The Morgan fingerprint density at radius 3 is 1.62 bits per heavy atom. The van der Waals surface area contributed by atoms with Crippen LogP contribution in [0.4, 0.5) is 0 Å². The molecule has 3 aromatic carbocycles. The highest BCUT2D eigenvalue weighted by Crippen LogP contribution is 2.34. The van der Waals surface area contributed by atoms with Gasteiger partial charge in [-0.25, -0.2) is 4.98 Å². The summed E-state index contributed by atoms with van der Waals surface area (Å²) in [6.07, 6.45) is 3.50. The Morgan fingerprint density at radius 2 is 1.12 bits per heavy atom. The van der Waals surface area contributed by atoms with Crippen LogP contribution in [0.1, 0.15) is 0 Å². The van der Waals surface area contributed by atoms with Gasteiger partial charge in [0.2, 0.25) is 0 Å². The van der Waals surface area contributed by atoms with Crippen molar-refractivity contribution in [1.82, 2.24) is 15.0 Å². The van der Waals surface area contributed by atoms with Crippen LogP contribution in [0.2, 0.25) is 0 Å². The molecule has 0 radical (unpaired) electrons. The third-order valence-corrected chi connectivity index (χ3v) is 4.40.